The third-order valence-corrected chi connectivity index (χ3v) is 4.92. The highest BCUT2D eigenvalue weighted by molar-refractivity contribution is 5.74. The predicted molar refractivity (Wildman–Crippen MR) is 119 cm³/mol. The van der Waals surface area contributed by atoms with Crippen molar-refractivity contribution in [2.75, 3.05) is 7.11 Å². The number of para-hydroxylation sites is 2. The number of hydrogen-bond donors (Lipinski definition) is 2. The summed E-state index contributed by atoms with van der Waals surface area (Å²) in [7, 11) is 1.59. The molecule has 0 saturated heterocycles. The highest BCUT2D eigenvalue weighted by atomic mass is 16.5. The number of nitrogens with zero attached hydrogens (tertiary/aromatic N) is 1. The van der Waals surface area contributed by atoms with Gasteiger partial charge in [0.1, 0.15) is 23.8 Å². The number of nitrogens with one attached hydrogen (secondary N) is 1. The summed E-state index contributed by atoms with van der Waals surface area (Å²) in [6.07, 6.45) is 0. The van der Waals surface area contributed by atoms with Gasteiger partial charge in [0.15, 0.2) is 17.2 Å². The van der Waals surface area contributed by atoms with E-state index < -0.39 is 0 Å². The number of hydrogen-bond acceptors (Lipinski definition) is 5. The van der Waals surface area contributed by atoms with E-state index >= 15 is 0 Å². The molecule has 6 heteroatoms. The Hall–Kier alpha value is -3.93. The van der Waals surface area contributed by atoms with E-state index in [1.807, 2.05) is 62.4 Å². The van der Waals surface area contributed by atoms with Gasteiger partial charge in [-0.2, -0.15) is 5.10 Å². The average molecular weight is 416 g/mol. The number of rotatable bonds is 7. The summed E-state index contributed by atoms with van der Waals surface area (Å²) in [6.45, 7) is 4.32. The summed E-state index contributed by atoms with van der Waals surface area (Å²) in [6, 6.07) is 20.7. The lowest BCUT2D eigenvalue weighted by Gasteiger charge is -2.12. The Morgan fingerprint density at radius 3 is 2.39 bits per heavy atom. The lowest BCUT2D eigenvalue weighted by Crippen LogP contribution is -1.96. The van der Waals surface area contributed by atoms with E-state index in [1.165, 1.54) is 5.56 Å². The van der Waals surface area contributed by atoms with Gasteiger partial charge in [0.25, 0.3) is 0 Å². The molecule has 0 radical (unpaired) electrons. The van der Waals surface area contributed by atoms with Crippen LogP contribution in [0.3, 0.4) is 0 Å². The topological polar surface area (TPSA) is 76.6 Å². The maximum Gasteiger partial charge on any atom is 0.176 e. The van der Waals surface area contributed by atoms with E-state index in [4.69, 9.17) is 14.2 Å². The first kappa shape index (κ1) is 20.3. The fourth-order valence-corrected chi connectivity index (χ4v) is 3.19. The van der Waals surface area contributed by atoms with Crippen LogP contribution in [0.2, 0.25) is 0 Å². The van der Waals surface area contributed by atoms with Crippen LogP contribution in [0.1, 0.15) is 16.8 Å². The molecule has 6 nitrogen and oxygen atoms in total. The third-order valence-electron chi connectivity index (χ3n) is 4.92. The van der Waals surface area contributed by atoms with Crippen LogP contribution in [0.4, 0.5) is 0 Å². The minimum atomic E-state index is 0.0535. The van der Waals surface area contributed by atoms with Crippen molar-refractivity contribution in [1.82, 2.24) is 10.2 Å². The number of phenols is 1. The molecule has 31 heavy (non-hydrogen) atoms. The smallest absolute Gasteiger partial charge is 0.176 e. The van der Waals surface area contributed by atoms with Crippen LogP contribution >= 0.6 is 0 Å². The van der Waals surface area contributed by atoms with Gasteiger partial charge in [-0.1, -0.05) is 42.0 Å². The quantitative estimate of drug-likeness (QED) is 0.399. The Balaban J connectivity index is 1.57. The number of benzene rings is 3. The molecule has 0 saturated carbocycles. The molecule has 1 aromatic heterocycles. The van der Waals surface area contributed by atoms with Gasteiger partial charge >= 0.3 is 0 Å². The average Bonchev–Trinajstić information content (AvgIpc) is 3.14. The van der Waals surface area contributed by atoms with Crippen LogP contribution < -0.4 is 14.2 Å². The molecule has 0 fully saturated rings. The standard InChI is InChI=1S/C25H24N2O4/c1-16-8-10-18(11-9-16)15-30-19-12-13-20(21(28)14-19)24-25(17(2)26-27-24)31-23-7-5-4-6-22(23)29-3/h4-14,28H,15H2,1-3H3,(H,26,27). The Labute approximate surface area is 181 Å². The zero-order valence-corrected chi connectivity index (χ0v) is 17.7. The number of ether oxygens (including phenoxy) is 3. The van der Waals surface area contributed by atoms with Gasteiger partial charge in [-0.15, -0.1) is 0 Å². The van der Waals surface area contributed by atoms with Crippen LogP contribution in [-0.2, 0) is 6.61 Å². The fraction of sp³-hybridized carbons (Fsp3) is 0.160. The SMILES string of the molecule is COc1ccccc1Oc1c(-c2ccc(OCc3ccc(C)cc3)cc2O)n[nH]c1C. The highest BCUT2D eigenvalue weighted by Gasteiger charge is 2.19. The molecule has 0 spiro atoms. The van der Waals surface area contributed by atoms with E-state index in [-0.39, 0.29) is 5.75 Å². The molecule has 0 aliphatic carbocycles. The van der Waals surface area contributed by atoms with Crippen molar-refractivity contribution in [2.45, 2.75) is 20.5 Å². The molecule has 0 aliphatic heterocycles. The van der Waals surface area contributed by atoms with Crippen LogP contribution in [0, 0.1) is 13.8 Å². The summed E-state index contributed by atoms with van der Waals surface area (Å²) in [4.78, 5) is 0. The molecule has 4 aromatic rings. The van der Waals surface area contributed by atoms with E-state index in [2.05, 4.69) is 10.2 Å². The summed E-state index contributed by atoms with van der Waals surface area (Å²) >= 11 is 0. The Kier molecular flexibility index (Phi) is 5.80. The molecule has 0 aliphatic rings. The van der Waals surface area contributed by atoms with Gasteiger partial charge in [0.05, 0.1) is 12.8 Å². The second kappa shape index (κ2) is 8.83. The first-order valence-corrected chi connectivity index (χ1v) is 9.92. The molecule has 0 atom stereocenters. The summed E-state index contributed by atoms with van der Waals surface area (Å²) < 4.78 is 17.3. The van der Waals surface area contributed by atoms with Crippen LogP contribution in [0.15, 0.2) is 66.7 Å². The molecular formula is C25H24N2O4. The molecule has 2 N–H and O–H groups in total. The van der Waals surface area contributed by atoms with E-state index in [0.717, 1.165) is 11.3 Å². The number of phenolic OH excluding ortho intramolecular Hbond substituents is 1. The van der Waals surface area contributed by atoms with Crippen molar-refractivity contribution in [3.63, 3.8) is 0 Å². The zero-order chi connectivity index (χ0) is 21.8. The monoisotopic (exact) mass is 416 g/mol. The first-order valence-electron chi connectivity index (χ1n) is 9.92. The van der Waals surface area contributed by atoms with Crippen molar-refractivity contribution in [3.8, 4) is 40.0 Å². The normalized spacial score (nSPS) is 10.7. The maximum atomic E-state index is 10.7. The maximum absolute atomic E-state index is 10.7. The number of aromatic hydroxyl groups is 1. The van der Waals surface area contributed by atoms with E-state index in [0.29, 0.717) is 40.9 Å². The summed E-state index contributed by atoms with van der Waals surface area (Å²) in [5.41, 5.74) is 4.04. The van der Waals surface area contributed by atoms with Crippen molar-refractivity contribution < 1.29 is 19.3 Å². The molecule has 1 heterocycles. The Morgan fingerprint density at radius 1 is 0.935 bits per heavy atom. The fourth-order valence-electron chi connectivity index (χ4n) is 3.19. The lowest BCUT2D eigenvalue weighted by molar-refractivity contribution is 0.304. The minimum Gasteiger partial charge on any atom is -0.507 e. The molecule has 3 aromatic carbocycles. The number of aromatic amines is 1. The molecule has 158 valence electrons. The van der Waals surface area contributed by atoms with E-state index in [1.54, 1.807) is 25.3 Å². The molecule has 0 amide bonds. The number of methoxy groups -OCH3 is 1. The van der Waals surface area contributed by atoms with Gasteiger partial charge in [-0.3, -0.25) is 5.10 Å². The zero-order valence-electron chi connectivity index (χ0n) is 17.7. The van der Waals surface area contributed by atoms with Crippen molar-refractivity contribution >= 4 is 0 Å². The summed E-state index contributed by atoms with van der Waals surface area (Å²) in [5, 5.41) is 17.9. The number of H-pyrrole nitrogens is 1. The first-order chi connectivity index (χ1) is 15.0. The van der Waals surface area contributed by atoms with Gasteiger partial charge in [0, 0.05) is 11.6 Å². The summed E-state index contributed by atoms with van der Waals surface area (Å²) in [5.74, 6) is 2.32. The van der Waals surface area contributed by atoms with Crippen molar-refractivity contribution in [3.05, 3.63) is 83.6 Å². The molecule has 0 bridgehead atoms. The predicted octanol–water partition coefficient (Wildman–Crippen LogP) is 5.78. The van der Waals surface area contributed by atoms with Gasteiger partial charge in [-0.05, 0) is 43.7 Å². The highest BCUT2D eigenvalue weighted by Crippen LogP contribution is 2.41. The van der Waals surface area contributed by atoms with Crippen molar-refractivity contribution in [2.24, 2.45) is 0 Å². The van der Waals surface area contributed by atoms with Gasteiger partial charge in [-0.25, -0.2) is 0 Å². The van der Waals surface area contributed by atoms with Gasteiger partial charge in [0.2, 0.25) is 0 Å². The lowest BCUT2D eigenvalue weighted by atomic mass is 10.1. The second-order valence-corrected chi connectivity index (χ2v) is 7.23. The van der Waals surface area contributed by atoms with Crippen LogP contribution in [0.5, 0.6) is 28.7 Å². The van der Waals surface area contributed by atoms with Gasteiger partial charge < -0.3 is 19.3 Å². The Bertz CT molecular complexity index is 1180. The molecule has 4 rings (SSSR count). The van der Waals surface area contributed by atoms with Crippen molar-refractivity contribution in [1.29, 1.82) is 0 Å². The van der Waals surface area contributed by atoms with E-state index in [9.17, 15) is 5.11 Å². The Morgan fingerprint density at radius 2 is 1.68 bits per heavy atom. The third kappa shape index (κ3) is 4.48. The molecule has 0 unspecified atom stereocenters. The largest absolute Gasteiger partial charge is 0.507 e. The van der Waals surface area contributed by atoms with Crippen LogP contribution in [-0.4, -0.2) is 22.4 Å². The number of aryl methyl sites for hydroxylation is 2. The minimum absolute atomic E-state index is 0.0535. The second-order valence-electron chi connectivity index (χ2n) is 7.23. The number of aromatic nitrogens is 2. The van der Waals surface area contributed by atoms with Crippen LogP contribution in [0.25, 0.3) is 11.3 Å². The molecular weight excluding hydrogens is 392 g/mol.